The van der Waals surface area contributed by atoms with Crippen molar-refractivity contribution in [1.82, 2.24) is 15.1 Å². The van der Waals surface area contributed by atoms with Gasteiger partial charge in [-0.15, -0.1) is 0 Å². The molecule has 1 aromatic carbocycles. The van der Waals surface area contributed by atoms with E-state index >= 15 is 0 Å². The normalized spacial score (nSPS) is 21.2. The highest BCUT2D eigenvalue weighted by molar-refractivity contribution is 9.10. The molecule has 3 rings (SSSR count). The molecule has 7 heteroatoms. The predicted molar refractivity (Wildman–Crippen MR) is 83.1 cm³/mol. The summed E-state index contributed by atoms with van der Waals surface area (Å²) >= 11 is 3.38. The molecule has 0 saturated carbocycles. The van der Waals surface area contributed by atoms with Gasteiger partial charge < -0.3 is 20.9 Å². The van der Waals surface area contributed by atoms with Crippen LogP contribution < -0.4 is 11.1 Å². The third-order valence-electron chi connectivity index (χ3n) is 4.16. The van der Waals surface area contributed by atoms with Gasteiger partial charge >= 0.3 is 6.03 Å². The average molecular weight is 353 g/mol. The molecule has 3 amide bonds. The van der Waals surface area contributed by atoms with Gasteiger partial charge in [0.15, 0.2) is 0 Å². The van der Waals surface area contributed by atoms with Crippen LogP contribution in [0.4, 0.5) is 10.5 Å². The van der Waals surface area contributed by atoms with Crippen LogP contribution in [0.1, 0.15) is 15.9 Å². The van der Waals surface area contributed by atoms with Crippen molar-refractivity contribution < 1.29 is 9.59 Å². The van der Waals surface area contributed by atoms with Crippen molar-refractivity contribution in [3.05, 3.63) is 27.7 Å². The second kappa shape index (κ2) is 5.22. The molecule has 2 aliphatic rings. The number of nitrogen functional groups attached to an aromatic ring is 1. The first-order valence-corrected chi connectivity index (χ1v) is 7.66. The minimum Gasteiger partial charge on any atom is -0.398 e. The molecule has 1 unspecified atom stereocenters. The highest BCUT2D eigenvalue weighted by atomic mass is 79.9. The molecule has 3 N–H and O–H groups in total. The Morgan fingerprint density at radius 2 is 2.19 bits per heavy atom. The van der Waals surface area contributed by atoms with Crippen LogP contribution in [0.3, 0.4) is 0 Å². The van der Waals surface area contributed by atoms with Crippen molar-refractivity contribution in [3.8, 4) is 0 Å². The molecule has 2 saturated heterocycles. The third-order valence-corrected chi connectivity index (χ3v) is 4.62. The van der Waals surface area contributed by atoms with Crippen LogP contribution in [-0.2, 0) is 0 Å². The number of anilines is 1. The third kappa shape index (κ3) is 2.46. The summed E-state index contributed by atoms with van der Waals surface area (Å²) < 4.78 is 0.797. The number of hydrogen-bond acceptors (Lipinski definition) is 3. The van der Waals surface area contributed by atoms with Gasteiger partial charge in [-0.2, -0.15) is 0 Å². The summed E-state index contributed by atoms with van der Waals surface area (Å²) in [6.07, 6.45) is 0. The van der Waals surface area contributed by atoms with E-state index in [9.17, 15) is 9.59 Å². The van der Waals surface area contributed by atoms with Gasteiger partial charge in [-0.3, -0.25) is 4.79 Å². The van der Waals surface area contributed by atoms with Crippen LogP contribution in [0.15, 0.2) is 16.6 Å². The number of rotatable bonds is 1. The molecule has 0 aromatic heterocycles. The quantitative estimate of drug-likeness (QED) is 0.745. The summed E-state index contributed by atoms with van der Waals surface area (Å²) in [5.41, 5.74) is 7.95. The summed E-state index contributed by atoms with van der Waals surface area (Å²) in [6, 6.07) is 3.64. The highest BCUT2D eigenvalue weighted by Crippen LogP contribution is 2.25. The zero-order chi connectivity index (χ0) is 15.1. The van der Waals surface area contributed by atoms with E-state index in [2.05, 4.69) is 21.2 Å². The zero-order valence-electron chi connectivity index (χ0n) is 11.7. The van der Waals surface area contributed by atoms with Crippen LogP contribution in [-0.4, -0.2) is 54.0 Å². The fourth-order valence-corrected chi connectivity index (χ4v) is 3.36. The Hall–Kier alpha value is -1.76. The van der Waals surface area contributed by atoms with Crippen LogP contribution >= 0.6 is 15.9 Å². The maximum absolute atomic E-state index is 12.7. The second-order valence-corrected chi connectivity index (χ2v) is 6.37. The van der Waals surface area contributed by atoms with Gasteiger partial charge in [0.1, 0.15) is 0 Å². The van der Waals surface area contributed by atoms with Crippen LogP contribution in [0.2, 0.25) is 0 Å². The number of urea groups is 1. The van der Waals surface area contributed by atoms with Crippen LogP contribution in [0, 0.1) is 6.92 Å². The number of benzene rings is 1. The molecular weight excluding hydrogens is 336 g/mol. The highest BCUT2D eigenvalue weighted by Gasteiger charge is 2.37. The van der Waals surface area contributed by atoms with Crippen LogP contribution in [0.5, 0.6) is 0 Å². The van der Waals surface area contributed by atoms with Gasteiger partial charge in [0.25, 0.3) is 5.91 Å². The predicted octanol–water partition coefficient (Wildman–Crippen LogP) is 1.19. The smallest absolute Gasteiger partial charge is 0.317 e. The summed E-state index contributed by atoms with van der Waals surface area (Å²) in [6.45, 7) is 4.14. The monoisotopic (exact) mass is 352 g/mol. The summed E-state index contributed by atoms with van der Waals surface area (Å²) in [7, 11) is 0. The summed E-state index contributed by atoms with van der Waals surface area (Å²) in [5.74, 6) is -0.0282. The van der Waals surface area contributed by atoms with E-state index in [0.717, 1.165) is 10.0 Å². The molecule has 1 aromatic rings. The van der Waals surface area contributed by atoms with E-state index < -0.39 is 0 Å². The largest absolute Gasteiger partial charge is 0.398 e. The first-order chi connectivity index (χ1) is 9.97. The van der Waals surface area contributed by atoms with Crippen LogP contribution in [0.25, 0.3) is 0 Å². The van der Waals surface area contributed by atoms with Gasteiger partial charge in [-0.1, -0.05) is 15.9 Å². The molecule has 21 heavy (non-hydrogen) atoms. The van der Waals surface area contributed by atoms with Gasteiger partial charge in [0.05, 0.1) is 6.04 Å². The van der Waals surface area contributed by atoms with Gasteiger partial charge in [0.2, 0.25) is 0 Å². The van der Waals surface area contributed by atoms with Crippen molar-refractivity contribution >= 4 is 33.6 Å². The lowest BCUT2D eigenvalue weighted by Crippen LogP contribution is -2.53. The SMILES string of the molecule is Cc1c(N)cc(Br)cc1C(=O)N1CCN2C(=O)NCC2C1. The van der Waals surface area contributed by atoms with E-state index in [-0.39, 0.29) is 18.0 Å². The molecule has 6 nitrogen and oxygen atoms in total. The molecule has 0 aliphatic carbocycles. The molecule has 2 aliphatic heterocycles. The van der Waals surface area contributed by atoms with E-state index in [4.69, 9.17) is 5.73 Å². The number of nitrogens with zero attached hydrogens (tertiary/aromatic N) is 2. The number of carbonyl (C=O) groups is 2. The van der Waals surface area contributed by atoms with Crippen molar-refractivity contribution in [3.63, 3.8) is 0 Å². The zero-order valence-corrected chi connectivity index (χ0v) is 13.3. The Bertz CT molecular complexity index is 619. The van der Waals surface area contributed by atoms with Crippen molar-refractivity contribution in [2.75, 3.05) is 31.9 Å². The average Bonchev–Trinajstić information content (AvgIpc) is 2.83. The Morgan fingerprint density at radius 1 is 1.43 bits per heavy atom. The molecule has 2 heterocycles. The van der Waals surface area contributed by atoms with Crippen molar-refractivity contribution in [2.24, 2.45) is 0 Å². The number of halogens is 1. The molecule has 1 atom stereocenters. The summed E-state index contributed by atoms with van der Waals surface area (Å²) in [5, 5.41) is 2.81. The molecule has 0 radical (unpaired) electrons. The second-order valence-electron chi connectivity index (χ2n) is 5.45. The Labute approximate surface area is 131 Å². The van der Waals surface area contributed by atoms with E-state index in [1.165, 1.54) is 0 Å². The maximum Gasteiger partial charge on any atom is 0.317 e. The first kappa shape index (κ1) is 14.2. The Balaban J connectivity index is 1.82. The fraction of sp³-hybridized carbons (Fsp3) is 0.429. The lowest BCUT2D eigenvalue weighted by Gasteiger charge is -2.36. The molecule has 2 fully saturated rings. The molecule has 112 valence electrons. The van der Waals surface area contributed by atoms with Gasteiger partial charge in [-0.05, 0) is 24.6 Å². The number of amides is 3. The van der Waals surface area contributed by atoms with E-state index in [0.29, 0.717) is 37.4 Å². The standard InChI is InChI=1S/C14H17BrN4O2/c1-8-11(4-9(15)5-12(8)16)13(20)18-2-3-19-10(7-18)6-17-14(19)21/h4-5,10H,2-3,6-7,16H2,1H3,(H,17,21). The molecule has 0 bridgehead atoms. The number of nitrogens with two attached hydrogens (primary N) is 1. The topological polar surface area (TPSA) is 78.7 Å². The first-order valence-electron chi connectivity index (χ1n) is 6.86. The minimum atomic E-state index is -0.0324. The van der Waals surface area contributed by atoms with Crippen molar-refractivity contribution in [2.45, 2.75) is 13.0 Å². The van der Waals surface area contributed by atoms with Gasteiger partial charge in [-0.25, -0.2) is 4.79 Å². The Kier molecular flexibility index (Phi) is 3.52. The van der Waals surface area contributed by atoms with E-state index in [1.807, 2.05) is 6.92 Å². The number of nitrogens with one attached hydrogen (secondary N) is 1. The fourth-order valence-electron chi connectivity index (χ4n) is 2.88. The maximum atomic E-state index is 12.7. The number of hydrogen-bond donors (Lipinski definition) is 2. The minimum absolute atomic E-state index is 0.0282. The number of fused-ring (bicyclic) bond motifs is 1. The Morgan fingerprint density at radius 3 is 2.95 bits per heavy atom. The number of piperazine rings is 1. The summed E-state index contributed by atoms with van der Waals surface area (Å²) in [4.78, 5) is 27.9. The lowest BCUT2D eigenvalue weighted by atomic mass is 10.0. The molecule has 0 spiro atoms. The van der Waals surface area contributed by atoms with Gasteiger partial charge in [0, 0.05) is 41.9 Å². The molecular formula is C14H17BrN4O2. The van der Waals surface area contributed by atoms with Crippen molar-refractivity contribution in [1.29, 1.82) is 0 Å². The van der Waals surface area contributed by atoms with E-state index in [1.54, 1.807) is 21.9 Å². The number of carbonyl (C=O) groups excluding carboxylic acids is 2. The lowest BCUT2D eigenvalue weighted by molar-refractivity contribution is 0.0616.